The molecule has 1 aromatic heterocycles. The molecule has 1 saturated carbocycles. The quantitative estimate of drug-likeness (QED) is 0.795. The van der Waals surface area contributed by atoms with E-state index in [1.165, 1.54) is 19.3 Å². The van der Waals surface area contributed by atoms with Crippen molar-refractivity contribution < 1.29 is 4.79 Å². The van der Waals surface area contributed by atoms with Crippen LogP contribution in [0.2, 0.25) is 0 Å². The molecule has 0 saturated heterocycles. The van der Waals surface area contributed by atoms with Gasteiger partial charge in [-0.15, -0.1) is 0 Å². The van der Waals surface area contributed by atoms with Crippen LogP contribution in [0.4, 0.5) is 0 Å². The van der Waals surface area contributed by atoms with Gasteiger partial charge in [-0.1, -0.05) is 49.6 Å². The maximum atomic E-state index is 13.0. The zero-order valence-corrected chi connectivity index (χ0v) is 16.5. The first-order valence-corrected chi connectivity index (χ1v) is 10.6. The summed E-state index contributed by atoms with van der Waals surface area (Å²) < 4.78 is 2.25. The Morgan fingerprint density at radius 1 is 1.19 bits per heavy atom. The van der Waals surface area contributed by atoms with E-state index in [2.05, 4.69) is 35.5 Å². The molecule has 1 aliphatic heterocycles. The van der Waals surface area contributed by atoms with Gasteiger partial charge in [0.15, 0.2) is 0 Å². The van der Waals surface area contributed by atoms with Gasteiger partial charge in [0, 0.05) is 30.6 Å². The van der Waals surface area contributed by atoms with Gasteiger partial charge in [0.05, 0.1) is 17.8 Å². The molecule has 6 heteroatoms. The lowest BCUT2D eigenvalue weighted by Gasteiger charge is -2.42. The normalized spacial score (nSPS) is 21.7. The van der Waals surface area contributed by atoms with Crippen LogP contribution in [-0.4, -0.2) is 38.7 Å². The summed E-state index contributed by atoms with van der Waals surface area (Å²) in [5, 5.41) is 0. The zero-order chi connectivity index (χ0) is 18.8. The van der Waals surface area contributed by atoms with Crippen molar-refractivity contribution in [3.8, 4) is 11.3 Å². The molecule has 4 rings (SSSR count). The minimum absolute atomic E-state index is 0.0103. The molecular weight excluding hydrogens is 356 g/mol. The monoisotopic (exact) mass is 384 g/mol. The molecule has 5 nitrogen and oxygen atoms in total. The molecule has 1 aromatic carbocycles. The molecule has 0 spiro atoms. The number of carbonyl (C=O) groups is 1. The lowest BCUT2D eigenvalue weighted by atomic mass is 9.82. The predicted molar refractivity (Wildman–Crippen MR) is 111 cm³/mol. The van der Waals surface area contributed by atoms with Gasteiger partial charge < -0.3 is 15.2 Å². The fraction of sp³-hybridized carbons (Fsp3) is 0.524. The molecule has 0 radical (unpaired) electrons. The number of fused-ring (bicyclic) bond motifs is 1. The summed E-state index contributed by atoms with van der Waals surface area (Å²) in [6.07, 6.45) is 8.19. The van der Waals surface area contributed by atoms with Crippen molar-refractivity contribution in [2.45, 2.75) is 50.7 Å². The summed E-state index contributed by atoms with van der Waals surface area (Å²) >= 11 is 4.25. The van der Waals surface area contributed by atoms with Crippen molar-refractivity contribution in [3.05, 3.63) is 42.4 Å². The number of hydrogen-bond donors (Lipinski definition) is 2. The highest BCUT2D eigenvalue weighted by molar-refractivity contribution is 7.80. The Hall–Kier alpha value is -1.79. The van der Waals surface area contributed by atoms with E-state index >= 15 is 0 Å². The standard InChI is InChI=1S/C21H28N4OS/c22-17(14-27)21(26)25-12-11-24-13-18(15-7-3-1-4-8-15)23-20(24)19(25)16-9-5-2-6-10-16/h1,3-4,7-8,13,16-17,19,27H,2,5-6,9-12,14,22H2/t17-,19-/m0/s1. The first-order valence-electron chi connectivity index (χ1n) is 9.98. The van der Waals surface area contributed by atoms with E-state index in [1.54, 1.807) is 0 Å². The third-order valence-corrected chi connectivity index (χ3v) is 6.35. The third kappa shape index (κ3) is 3.65. The van der Waals surface area contributed by atoms with Crippen molar-refractivity contribution in [3.63, 3.8) is 0 Å². The molecular formula is C21H28N4OS. The second-order valence-electron chi connectivity index (χ2n) is 7.71. The van der Waals surface area contributed by atoms with E-state index in [-0.39, 0.29) is 11.9 Å². The van der Waals surface area contributed by atoms with Gasteiger partial charge in [0.1, 0.15) is 5.82 Å². The summed E-state index contributed by atoms with van der Waals surface area (Å²) in [5.41, 5.74) is 8.16. The van der Waals surface area contributed by atoms with Crippen LogP contribution in [0.25, 0.3) is 11.3 Å². The summed E-state index contributed by atoms with van der Waals surface area (Å²) in [6, 6.07) is 9.74. The Bertz CT molecular complexity index is 785. The third-order valence-electron chi connectivity index (χ3n) is 5.95. The summed E-state index contributed by atoms with van der Waals surface area (Å²) in [6.45, 7) is 1.46. The van der Waals surface area contributed by atoms with E-state index in [9.17, 15) is 4.79 Å². The second-order valence-corrected chi connectivity index (χ2v) is 8.07. The molecule has 2 aliphatic rings. The van der Waals surface area contributed by atoms with E-state index < -0.39 is 6.04 Å². The molecule has 1 amide bonds. The number of rotatable bonds is 4. The maximum absolute atomic E-state index is 13.0. The highest BCUT2D eigenvalue weighted by Crippen LogP contribution is 2.40. The average molecular weight is 385 g/mol. The van der Waals surface area contributed by atoms with Crippen LogP contribution in [0, 0.1) is 5.92 Å². The van der Waals surface area contributed by atoms with Gasteiger partial charge in [0.2, 0.25) is 5.91 Å². The number of nitrogens with two attached hydrogens (primary N) is 1. The van der Waals surface area contributed by atoms with Crippen LogP contribution in [0.15, 0.2) is 36.5 Å². The second kappa shape index (κ2) is 8.07. The van der Waals surface area contributed by atoms with E-state index in [0.717, 1.165) is 36.5 Å². The SMILES string of the molecule is N[C@@H](CS)C(=O)N1CCn2cc(-c3ccccc3)nc2[C@@H]1C1CCCCC1. The minimum Gasteiger partial charge on any atom is -0.331 e. The number of thiol groups is 1. The molecule has 1 fully saturated rings. The van der Waals surface area contributed by atoms with Gasteiger partial charge in [-0.05, 0) is 18.8 Å². The molecule has 2 heterocycles. The highest BCUT2D eigenvalue weighted by Gasteiger charge is 2.39. The molecule has 1 aliphatic carbocycles. The van der Waals surface area contributed by atoms with Crippen LogP contribution in [0.5, 0.6) is 0 Å². The summed E-state index contributed by atoms with van der Waals surface area (Å²) in [7, 11) is 0. The fourth-order valence-corrected chi connectivity index (χ4v) is 4.70. The largest absolute Gasteiger partial charge is 0.331 e. The number of aromatic nitrogens is 2. The van der Waals surface area contributed by atoms with Gasteiger partial charge in [0.25, 0.3) is 0 Å². The summed E-state index contributed by atoms with van der Waals surface area (Å²) in [5.74, 6) is 1.86. The molecule has 144 valence electrons. The number of benzene rings is 1. The molecule has 2 N–H and O–H groups in total. The summed E-state index contributed by atoms with van der Waals surface area (Å²) in [4.78, 5) is 20.0. The predicted octanol–water partition coefficient (Wildman–Crippen LogP) is 3.27. The number of amides is 1. The molecule has 27 heavy (non-hydrogen) atoms. The number of carbonyl (C=O) groups excluding carboxylic acids is 1. The fourth-order valence-electron chi connectivity index (χ4n) is 4.54. The Kier molecular flexibility index (Phi) is 5.55. The maximum Gasteiger partial charge on any atom is 0.241 e. The first kappa shape index (κ1) is 18.6. The average Bonchev–Trinajstić information content (AvgIpc) is 3.17. The van der Waals surface area contributed by atoms with Crippen molar-refractivity contribution >= 4 is 18.5 Å². The minimum atomic E-state index is -0.547. The van der Waals surface area contributed by atoms with Crippen LogP contribution in [-0.2, 0) is 11.3 Å². The van der Waals surface area contributed by atoms with Crippen LogP contribution in [0.1, 0.15) is 44.0 Å². The van der Waals surface area contributed by atoms with Crippen LogP contribution in [0.3, 0.4) is 0 Å². The Morgan fingerprint density at radius 3 is 2.63 bits per heavy atom. The molecule has 0 bridgehead atoms. The van der Waals surface area contributed by atoms with Gasteiger partial charge in [-0.25, -0.2) is 4.98 Å². The van der Waals surface area contributed by atoms with E-state index in [1.807, 2.05) is 23.1 Å². The number of imidazole rings is 1. The van der Waals surface area contributed by atoms with Gasteiger partial charge >= 0.3 is 0 Å². The Labute approximate surface area is 166 Å². The van der Waals surface area contributed by atoms with Crippen LogP contribution < -0.4 is 5.73 Å². The number of hydrogen-bond acceptors (Lipinski definition) is 4. The van der Waals surface area contributed by atoms with Crippen molar-refractivity contribution in [2.24, 2.45) is 11.7 Å². The molecule has 2 atom stereocenters. The Morgan fingerprint density at radius 2 is 1.93 bits per heavy atom. The van der Waals surface area contributed by atoms with E-state index in [0.29, 0.717) is 18.2 Å². The van der Waals surface area contributed by atoms with Gasteiger partial charge in [-0.2, -0.15) is 12.6 Å². The Balaban J connectivity index is 1.72. The lowest BCUT2D eigenvalue weighted by molar-refractivity contribution is -0.137. The zero-order valence-electron chi connectivity index (χ0n) is 15.6. The lowest BCUT2D eigenvalue weighted by Crippen LogP contribution is -2.52. The van der Waals surface area contributed by atoms with Gasteiger partial charge in [-0.3, -0.25) is 4.79 Å². The molecule has 2 aromatic rings. The highest BCUT2D eigenvalue weighted by atomic mass is 32.1. The topological polar surface area (TPSA) is 64.2 Å². The van der Waals surface area contributed by atoms with Crippen molar-refractivity contribution in [1.82, 2.24) is 14.5 Å². The van der Waals surface area contributed by atoms with Crippen molar-refractivity contribution in [2.75, 3.05) is 12.3 Å². The van der Waals surface area contributed by atoms with Crippen molar-refractivity contribution in [1.29, 1.82) is 0 Å². The smallest absolute Gasteiger partial charge is 0.241 e. The van der Waals surface area contributed by atoms with Crippen LogP contribution >= 0.6 is 12.6 Å². The van der Waals surface area contributed by atoms with E-state index in [4.69, 9.17) is 10.7 Å². The first-order chi connectivity index (χ1) is 13.2. The number of nitrogens with zero attached hydrogens (tertiary/aromatic N) is 3. The molecule has 0 unspecified atom stereocenters.